The summed E-state index contributed by atoms with van der Waals surface area (Å²) in [6.45, 7) is 5.38. The summed E-state index contributed by atoms with van der Waals surface area (Å²) in [7, 11) is 0. The van der Waals surface area contributed by atoms with E-state index in [0.717, 1.165) is 5.75 Å². The molecule has 5 nitrogen and oxygen atoms in total. The lowest BCUT2D eigenvalue weighted by Gasteiger charge is -2.37. The second kappa shape index (κ2) is 5.21. The van der Waals surface area contributed by atoms with Crippen LogP contribution in [-0.4, -0.2) is 50.5 Å². The number of hydrogen-bond acceptors (Lipinski definition) is 4. The number of aromatic nitrogens is 1. The van der Waals surface area contributed by atoms with Crippen molar-refractivity contribution in [1.29, 1.82) is 0 Å². The lowest BCUT2D eigenvalue weighted by Crippen LogP contribution is -2.46. The van der Waals surface area contributed by atoms with Crippen LogP contribution in [0.1, 0.15) is 34.7 Å². The highest BCUT2D eigenvalue weighted by Crippen LogP contribution is 2.30. The monoisotopic (exact) mass is 280 g/mol. The molecule has 0 saturated carbocycles. The quantitative estimate of drug-likeness (QED) is 0.893. The van der Waals surface area contributed by atoms with Crippen molar-refractivity contribution < 1.29 is 14.7 Å². The average molecular weight is 280 g/mol. The maximum absolute atomic E-state index is 12.4. The number of nitrogens with zero attached hydrogens (tertiary/aromatic N) is 2. The molecule has 0 aromatic carbocycles. The average Bonchev–Trinajstić information content (AvgIpc) is 2.36. The topological polar surface area (TPSA) is 70.5 Å². The normalized spacial score (nSPS) is 18.1. The summed E-state index contributed by atoms with van der Waals surface area (Å²) in [6.07, 6.45) is 1.45. The van der Waals surface area contributed by atoms with Gasteiger partial charge in [0.15, 0.2) is 0 Å². The Kier molecular flexibility index (Phi) is 3.80. The van der Waals surface area contributed by atoms with Crippen molar-refractivity contribution in [2.24, 2.45) is 0 Å². The fourth-order valence-corrected chi connectivity index (χ4v) is 3.20. The number of hydrogen-bond donors (Lipinski definition) is 1. The number of thioether (sulfide) groups is 1. The first-order valence-corrected chi connectivity index (χ1v) is 7.01. The Morgan fingerprint density at radius 2 is 2.21 bits per heavy atom. The lowest BCUT2D eigenvalue weighted by atomic mass is 10.1. The van der Waals surface area contributed by atoms with Crippen molar-refractivity contribution in [3.8, 4) is 0 Å². The molecule has 6 heteroatoms. The molecule has 2 rings (SSSR count). The minimum absolute atomic E-state index is 0.00786. The van der Waals surface area contributed by atoms with Gasteiger partial charge in [0.25, 0.3) is 5.91 Å². The summed E-state index contributed by atoms with van der Waals surface area (Å²) in [6, 6.07) is 2.93. The number of rotatable bonds is 2. The minimum atomic E-state index is -1.12. The molecule has 0 unspecified atom stereocenters. The molecule has 1 aliphatic rings. The number of aromatic carboxylic acids is 1. The lowest BCUT2D eigenvalue weighted by molar-refractivity contribution is 0.0670. The molecular formula is C13H16N2O3S. The number of carboxylic acid groups (broad SMARTS) is 1. The van der Waals surface area contributed by atoms with E-state index in [4.69, 9.17) is 5.11 Å². The standard InChI is InChI=1S/C13H16N2O3S/c1-13(2)8-15(6-7-19-13)11(16)10-9(12(17)18)4-3-5-14-10/h3-5H,6-8H2,1-2H3,(H,17,18). The predicted octanol–water partition coefficient (Wildman–Crippen LogP) is 1.75. The fraction of sp³-hybridized carbons (Fsp3) is 0.462. The molecular weight excluding hydrogens is 264 g/mol. The van der Waals surface area contributed by atoms with E-state index in [-0.39, 0.29) is 21.9 Å². The zero-order chi connectivity index (χ0) is 14.0. The third kappa shape index (κ3) is 3.07. The molecule has 0 bridgehead atoms. The number of carbonyl (C=O) groups is 2. The summed E-state index contributed by atoms with van der Waals surface area (Å²) in [5.74, 6) is -0.568. The summed E-state index contributed by atoms with van der Waals surface area (Å²) >= 11 is 1.82. The van der Waals surface area contributed by atoms with Crippen molar-refractivity contribution in [2.45, 2.75) is 18.6 Å². The van der Waals surface area contributed by atoms with E-state index in [2.05, 4.69) is 18.8 Å². The first-order chi connectivity index (χ1) is 8.91. The molecule has 1 aliphatic heterocycles. The van der Waals surface area contributed by atoms with Crippen LogP contribution in [0, 0.1) is 0 Å². The van der Waals surface area contributed by atoms with Crippen molar-refractivity contribution in [2.75, 3.05) is 18.8 Å². The van der Waals surface area contributed by atoms with E-state index in [1.807, 2.05) is 11.8 Å². The minimum Gasteiger partial charge on any atom is -0.478 e. The third-order valence-corrected chi connectivity index (χ3v) is 4.25. The van der Waals surface area contributed by atoms with Gasteiger partial charge in [0.2, 0.25) is 0 Å². The fourth-order valence-electron chi connectivity index (χ4n) is 2.09. The van der Waals surface area contributed by atoms with Gasteiger partial charge >= 0.3 is 5.97 Å². The van der Waals surface area contributed by atoms with Crippen molar-refractivity contribution in [3.05, 3.63) is 29.6 Å². The van der Waals surface area contributed by atoms with Crippen LogP contribution in [0.2, 0.25) is 0 Å². The molecule has 1 aromatic rings. The second-order valence-electron chi connectivity index (χ2n) is 5.04. The SMILES string of the molecule is CC1(C)CN(C(=O)c2ncccc2C(=O)O)CCS1. The summed E-state index contributed by atoms with van der Waals surface area (Å²) in [4.78, 5) is 29.2. The van der Waals surface area contributed by atoms with E-state index >= 15 is 0 Å². The van der Waals surface area contributed by atoms with Gasteiger partial charge in [-0.25, -0.2) is 4.79 Å². The summed E-state index contributed by atoms with van der Waals surface area (Å²) in [5, 5.41) is 9.10. The zero-order valence-corrected chi connectivity index (χ0v) is 11.7. The maximum atomic E-state index is 12.4. The van der Waals surface area contributed by atoms with Gasteiger partial charge in [-0.3, -0.25) is 9.78 Å². The summed E-state index contributed by atoms with van der Waals surface area (Å²) < 4.78 is -0.00786. The van der Waals surface area contributed by atoms with Crippen LogP contribution in [-0.2, 0) is 0 Å². The van der Waals surface area contributed by atoms with Crippen molar-refractivity contribution in [3.63, 3.8) is 0 Å². The maximum Gasteiger partial charge on any atom is 0.338 e. The molecule has 0 spiro atoms. The summed E-state index contributed by atoms with van der Waals surface area (Å²) in [5.41, 5.74) is -0.0127. The van der Waals surface area contributed by atoms with Crippen molar-refractivity contribution >= 4 is 23.6 Å². The Morgan fingerprint density at radius 1 is 1.47 bits per heavy atom. The Hall–Kier alpha value is -1.56. The number of amides is 1. The molecule has 1 saturated heterocycles. The first kappa shape index (κ1) is 13.9. The van der Waals surface area contributed by atoms with Gasteiger partial charge in [-0.05, 0) is 26.0 Å². The van der Waals surface area contributed by atoms with Gasteiger partial charge in [-0.2, -0.15) is 11.8 Å². The van der Waals surface area contributed by atoms with Gasteiger partial charge in [-0.15, -0.1) is 0 Å². The van der Waals surface area contributed by atoms with Crippen LogP contribution in [0.15, 0.2) is 18.3 Å². The highest BCUT2D eigenvalue weighted by Gasteiger charge is 2.32. The number of carboxylic acids is 1. The molecule has 19 heavy (non-hydrogen) atoms. The largest absolute Gasteiger partial charge is 0.478 e. The predicted molar refractivity (Wildman–Crippen MR) is 73.6 cm³/mol. The zero-order valence-electron chi connectivity index (χ0n) is 10.9. The molecule has 0 atom stereocenters. The molecule has 0 aliphatic carbocycles. The van der Waals surface area contributed by atoms with E-state index in [0.29, 0.717) is 13.1 Å². The molecule has 1 amide bonds. The van der Waals surface area contributed by atoms with E-state index in [1.165, 1.54) is 18.3 Å². The highest BCUT2D eigenvalue weighted by molar-refractivity contribution is 8.00. The molecule has 0 radical (unpaired) electrons. The Morgan fingerprint density at radius 3 is 2.84 bits per heavy atom. The Bertz CT molecular complexity index is 516. The van der Waals surface area contributed by atoms with E-state index in [1.54, 1.807) is 4.90 Å². The van der Waals surface area contributed by atoms with Crippen molar-refractivity contribution in [1.82, 2.24) is 9.88 Å². The number of carbonyl (C=O) groups excluding carboxylic acids is 1. The van der Waals surface area contributed by atoms with Crippen LogP contribution in [0.4, 0.5) is 0 Å². The van der Waals surface area contributed by atoms with Crippen LogP contribution in [0.25, 0.3) is 0 Å². The van der Waals surface area contributed by atoms with Crippen LogP contribution in [0.3, 0.4) is 0 Å². The van der Waals surface area contributed by atoms with Gasteiger partial charge in [0.1, 0.15) is 5.69 Å². The molecule has 102 valence electrons. The molecule has 1 fully saturated rings. The second-order valence-corrected chi connectivity index (χ2v) is 6.84. The molecule has 1 aromatic heterocycles. The van der Waals surface area contributed by atoms with Gasteiger partial charge in [0.05, 0.1) is 5.56 Å². The van der Waals surface area contributed by atoms with Gasteiger partial charge in [-0.1, -0.05) is 0 Å². The Balaban J connectivity index is 2.27. The van der Waals surface area contributed by atoms with E-state index in [9.17, 15) is 9.59 Å². The van der Waals surface area contributed by atoms with Gasteiger partial charge < -0.3 is 10.0 Å². The Labute approximate surface area is 116 Å². The van der Waals surface area contributed by atoms with Gasteiger partial charge in [0, 0.05) is 29.8 Å². The first-order valence-electron chi connectivity index (χ1n) is 6.02. The highest BCUT2D eigenvalue weighted by atomic mass is 32.2. The number of pyridine rings is 1. The molecule has 2 heterocycles. The van der Waals surface area contributed by atoms with Crippen LogP contribution in [0.5, 0.6) is 0 Å². The molecule has 1 N–H and O–H groups in total. The third-order valence-electron chi connectivity index (χ3n) is 2.95. The van der Waals surface area contributed by atoms with Crippen LogP contribution < -0.4 is 0 Å². The smallest absolute Gasteiger partial charge is 0.338 e. The van der Waals surface area contributed by atoms with E-state index < -0.39 is 5.97 Å². The van der Waals surface area contributed by atoms with Crippen LogP contribution >= 0.6 is 11.8 Å².